The van der Waals surface area contributed by atoms with Crippen LogP contribution < -0.4 is 10.1 Å². The molecular formula is C15H22FNO2. The summed E-state index contributed by atoms with van der Waals surface area (Å²) in [6.45, 7) is 2.88. The predicted octanol–water partition coefficient (Wildman–Crippen LogP) is 2.34. The van der Waals surface area contributed by atoms with Crippen molar-refractivity contribution in [3.8, 4) is 5.75 Å². The van der Waals surface area contributed by atoms with Gasteiger partial charge in [-0.3, -0.25) is 0 Å². The molecule has 1 aliphatic carbocycles. The summed E-state index contributed by atoms with van der Waals surface area (Å²) in [5.41, 5.74) is 0. The van der Waals surface area contributed by atoms with Crippen LogP contribution in [0, 0.1) is 11.7 Å². The Bertz CT molecular complexity index is 378. The van der Waals surface area contributed by atoms with Gasteiger partial charge in [0.15, 0.2) is 0 Å². The van der Waals surface area contributed by atoms with Crippen LogP contribution in [0.25, 0.3) is 0 Å². The molecule has 2 unspecified atom stereocenters. The van der Waals surface area contributed by atoms with Crippen molar-refractivity contribution in [3.63, 3.8) is 0 Å². The maximum atomic E-state index is 12.7. The topological polar surface area (TPSA) is 41.5 Å². The maximum Gasteiger partial charge on any atom is 0.123 e. The lowest BCUT2D eigenvalue weighted by atomic mass is 10.1. The molecule has 1 fully saturated rings. The highest BCUT2D eigenvalue weighted by molar-refractivity contribution is 5.22. The van der Waals surface area contributed by atoms with Crippen LogP contribution >= 0.6 is 0 Å². The van der Waals surface area contributed by atoms with Gasteiger partial charge in [0.05, 0.1) is 0 Å². The van der Waals surface area contributed by atoms with E-state index in [-0.39, 0.29) is 12.4 Å². The van der Waals surface area contributed by atoms with Crippen LogP contribution in [0.2, 0.25) is 0 Å². The SMILES string of the molecule is CC(CC1CC1)NCC(O)COc1ccc(F)cc1. The predicted molar refractivity (Wildman–Crippen MR) is 72.7 cm³/mol. The first kappa shape index (κ1) is 14.3. The fourth-order valence-electron chi connectivity index (χ4n) is 2.06. The summed E-state index contributed by atoms with van der Waals surface area (Å²) in [6, 6.07) is 6.25. The molecule has 0 heterocycles. The third kappa shape index (κ3) is 5.57. The van der Waals surface area contributed by atoms with Gasteiger partial charge in [0, 0.05) is 12.6 Å². The lowest BCUT2D eigenvalue weighted by molar-refractivity contribution is 0.103. The van der Waals surface area contributed by atoms with E-state index in [1.54, 1.807) is 12.1 Å². The minimum absolute atomic E-state index is 0.217. The van der Waals surface area contributed by atoms with Crippen LogP contribution in [0.4, 0.5) is 4.39 Å². The van der Waals surface area contributed by atoms with E-state index in [1.807, 2.05) is 0 Å². The molecule has 19 heavy (non-hydrogen) atoms. The zero-order chi connectivity index (χ0) is 13.7. The molecule has 1 aliphatic rings. The molecule has 0 radical (unpaired) electrons. The molecule has 0 amide bonds. The monoisotopic (exact) mass is 267 g/mol. The number of hydrogen-bond donors (Lipinski definition) is 2. The number of hydrogen-bond acceptors (Lipinski definition) is 3. The third-order valence-corrected chi connectivity index (χ3v) is 3.34. The maximum absolute atomic E-state index is 12.7. The molecular weight excluding hydrogens is 245 g/mol. The highest BCUT2D eigenvalue weighted by Crippen LogP contribution is 2.33. The van der Waals surface area contributed by atoms with Gasteiger partial charge in [-0.05, 0) is 43.5 Å². The quantitative estimate of drug-likeness (QED) is 0.759. The fourth-order valence-corrected chi connectivity index (χ4v) is 2.06. The standard InChI is InChI=1S/C15H22FNO2/c1-11(8-12-2-3-12)17-9-14(18)10-19-15-6-4-13(16)5-7-15/h4-7,11-12,14,17-18H,2-3,8-10H2,1H3. The Hall–Kier alpha value is -1.13. The van der Waals surface area contributed by atoms with Gasteiger partial charge in [0.1, 0.15) is 24.3 Å². The molecule has 0 saturated heterocycles. The van der Waals surface area contributed by atoms with Gasteiger partial charge >= 0.3 is 0 Å². The number of benzene rings is 1. The van der Waals surface area contributed by atoms with E-state index in [0.29, 0.717) is 18.3 Å². The minimum Gasteiger partial charge on any atom is -0.491 e. The second kappa shape index (κ2) is 6.87. The van der Waals surface area contributed by atoms with E-state index < -0.39 is 6.10 Å². The summed E-state index contributed by atoms with van der Waals surface area (Å²) in [5.74, 6) is 1.17. The van der Waals surface area contributed by atoms with E-state index in [4.69, 9.17) is 4.74 Å². The highest BCUT2D eigenvalue weighted by Gasteiger charge is 2.23. The van der Waals surface area contributed by atoms with E-state index in [0.717, 1.165) is 5.92 Å². The van der Waals surface area contributed by atoms with Crippen LogP contribution in [0.5, 0.6) is 5.75 Å². The zero-order valence-electron chi connectivity index (χ0n) is 11.3. The number of ether oxygens (including phenoxy) is 1. The van der Waals surface area contributed by atoms with Crippen molar-refractivity contribution >= 4 is 0 Å². The minimum atomic E-state index is -0.549. The van der Waals surface area contributed by atoms with Crippen molar-refractivity contribution < 1.29 is 14.2 Å². The number of nitrogens with one attached hydrogen (secondary N) is 1. The lowest BCUT2D eigenvalue weighted by Gasteiger charge is -2.17. The van der Waals surface area contributed by atoms with Crippen molar-refractivity contribution in [2.45, 2.75) is 38.3 Å². The third-order valence-electron chi connectivity index (χ3n) is 3.34. The number of halogens is 1. The first-order chi connectivity index (χ1) is 9.13. The van der Waals surface area contributed by atoms with Gasteiger partial charge in [-0.15, -0.1) is 0 Å². The molecule has 0 bridgehead atoms. The van der Waals surface area contributed by atoms with Crippen LogP contribution in [-0.4, -0.2) is 30.4 Å². The largest absolute Gasteiger partial charge is 0.491 e. The zero-order valence-corrected chi connectivity index (χ0v) is 11.3. The molecule has 1 saturated carbocycles. The molecule has 0 aliphatic heterocycles. The Balaban J connectivity index is 1.60. The average molecular weight is 267 g/mol. The van der Waals surface area contributed by atoms with Gasteiger partial charge in [0.25, 0.3) is 0 Å². The van der Waals surface area contributed by atoms with Crippen LogP contribution in [0.3, 0.4) is 0 Å². The van der Waals surface area contributed by atoms with Gasteiger partial charge in [-0.1, -0.05) is 12.8 Å². The van der Waals surface area contributed by atoms with Gasteiger partial charge < -0.3 is 15.2 Å². The van der Waals surface area contributed by atoms with Crippen LogP contribution in [0.15, 0.2) is 24.3 Å². The summed E-state index contributed by atoms with van der Waals surface area (Å²) < 4.78 is 18.1. The Labute approximate surface area is 113 Å². The summed E-state index contributed by atoms with van der Waals surface area (Å²) in [5, 5.41) is 13.1. The Kier molecular flexibility index (Phi) is 5.16. The normalized spacial score (nSPS) is 18.1. The van der Waals surface area contributed by atoms with E-state index in [1.165, 1.54) is 31.4 Å². The molecule has 2 atom stereocenters. The molecule has 1 aromatic carbocycles. The van der Waals surface area contributed by atoms with Crippen LogP contribution in [0.1, 0.15) is 26.2 Å². The summed E-state index contributed by atoms with van der Waals surface area (Å²) >= 11 is 0. The molecule has 0 aromatic heterocycles. The second-order valence-corrected chi connectivity index (χ2v) is 5.41. The molecule has 0 spiro atoms. The molecule has 2 N–H and O–H groups in total. The Morgan fingerprint density at radius 1 is 1.37 bits per heavy atom. The smallest absolute Gasteiger partial charge is 0.123 e. The molecule has 1 aromatic rings. The van der Waals surface area contributed by atoms with Crippen molar-refractivity contribution in [3.05, 3.63) is 30.1 Å². The van der Waals surface area contributed by atoms with Gasteiger partial charge in [0.2, 0.25) is 0 Å². The molecule has 3 nitrogen and oxygen atoms in total. The first-order valence-corrected chi connectivity index (χ1v) is 6.93. The van der Waals surface area contributed by atoms with Crippen molar-refractivity contribution in [2.24, 2.45) is 5.92 Å². The number of aliphatic hydroxyl groups excluding tert-OH is 1. The molecule has 2 rings (SSSR count). The van der Waals surface area contributed by atoms with E-state index in [2.05, 4.69) is 12.2 Å². The van der Waals surface area contributed by atoms with Crippen molar-refractivity contribution in [1.29, 1.82) is 0 Å². The van der Waals surface area contributed by atoms with Crippen LogP contribution in [-0.2, 0) is 0 Å². The number of aliphatic hydroxyl groups is 1. The van der Waals surface area contributed by atoms with Crippen molar-refractivity contribution in [1.82, 2.24) is 5.32 Å². The fraction of sp³-hybridized carbons (Fsp3) is 0.600. The van der Waals surface area contributed by atoms with Crippen molar-refractivity contribution in [2.75, 3.05) is 13.2 Å². The first-order valence-electron chi connectivity index (χ1n) is 6.93. The van der Waals surface area contributed by atoms with Gasteiger partial charge in [-0.2, -0.15) is 0 Å². The molecule has 106 valence electrons. The summed E-state index contributed by atoms with van der Waals surface area (Å²) in [6.07, 6.45) is 3.34. The Morgan fingerprint density at radius 2 is 2.05 bits per heavy atom. The summed E-state index contributed by atoms with van der Waals surface area (Å²) in [4.78, 5) is 0. The number of rotatable bonds is 8. The average Bonchev–Trinajstić information content (AvgIpc) is 3.19. The second-order valence-electron chi connectivity index (χ2n) is 5.41. The summed E-state index contributed by atoms with van der Waals surface area (Å²) in [7, 11) is 0. The van der Waals surface area contributed by atoms with Gasteiger partial charge in [-0.25, -0.2) is 4.39 Å². The Morgan fingerprint density at radius 3 is 2.68 bits per heavy atom. The van der Waals surface area contributed by atoms with E-state index in [9.17, 15) is 9.50 Å². The lowest BCUT2D eigenvalue weighted by Crippen LogP contribution is -2.36. The van der Waals surface area contributed by atoms with E-state index >= 15 is 0 Å². The molecule has 4 heteroatoms. The highest BCUT2D eigenvalue weighted by atomic mass is 19.1.